The van der Waals surface area contributed by atoms with Crippen LogP contribution in [0.2, 0.25) is 10.0 Å². The fourth-order valence-corrected chi connectivity index (χ4v) is 2.71. The Hall–Kier alpha value is -2.05. The van der Waals surface area contributed by atoms with E-state index in [1.54, 1.807) is 18.3 Å². The standard InChI is InChI=1S/C17H21Cl2N5O/c1-3-24(4-2)15-6-5-12(10-22-15)17(25)21-8-7-20-16-14(19)9-13(18)11-23-16/h5-6,9-11H,3-4,7-8H2,1-2H3,(H,20,23)(H,21,25). The van der Waals surface area contributed by atoms with Gasteiger partial charge in [0.2, 0.25) is 0 Å². The molecule has 2 N–H and O–H groups in total. The van der Waals surface area contributed by atoms with Gasteiger partial charge in [-0.25, -0.2) is 9.97 Å². The van der Waals surface area contributed by atoms with E-state index in [2.05, 4.69) is 39.3 Å². The van der Waals surface area contributed by atoms with Crippen LogP contribution in [0.4, 0.5) is 11.6 Å². The summed E-state index contributed by atoms with van der Waals surface area (Å²) < 4.78 is 0. The van der Waals surface area contributed by atoms with Crippen molar-refractivity contribution in [3.8, 4) is 0 Å². The summed E-state index contributed by atoms with van der Waals surface area (Å²) in [6, 6.07) is 5.25. The number of hydrogen-bond donors (Lipinski definition) is 2. The minimum Gasteiger partial charge on any atom is -0.367 e. The van der Waals surface area contributed by atoms with Gasteiger partial charge in [-0.1, -0.05) is 23.2 Å². The second kappa shape index (κ2) is 9.44. The number of amides is 1. The zero-order valence-electron chi connectivity index (χ0n) is 14.2. The van der Waals surface area contributed by atoms with E-state index in [0.29, 0.717) is 34.5 Å². The molecule has 134 valence electrons. The molecular formula is C17H21Cl2N5O. The summed E-state index contributed by atoms with van der Waals surface area (Å²) in [7, 11) is 0. The molecule has 0 radical (unpaired) electrons. The van der Waals surface area contributed by atoms with E-state index >= 15 is 0 Å². The largest absolute Gasteiger partial charge is 0.367 e. The summed E-state index contributed by atoms with van der Waals surface area (Å²) in [6.45, 7) is 6.81. The Morgan fingerprint density at radius 2 is 1.88 bits per heavy atom. The predicted octanol–water partition coefficient (Wildman–Crippen LogP) is 3.47. The molecule has 8 heteroatoms. The molecule has 0 saturated carbocycles. The third-order valence-electron chi connectivity index (χ3n) is 3.61. The number of rotatable bonds is 8. The van der Waals surface area contributed by atoms with E-state index in [4.69, 9.17) is 23.2 Å². The molecule has 0 aliphatic carbocycles. The van der Waals surface area contributed by atoms with E-state index in [1.807, 2.05) is 6.07 Å². The molecule has 0 aliphatic rings. The fraction of sp³-hybridized carbons (Fsp3) is 0.353. The van der Waals surface area contributed by atoms with Crippen molar-refractivity contribution in [3.63, 3.8) is 0 Å². The number of nitrogens with one attached hydrogen (secondary N) is 2. The molecule has 2 aromatic rings. The van der Waals surface area contributed by atoms with Crippen LogP contribution in [-0.2, 0) is 0 Å². The maximum absolute atomic E-state index is 12.1. The number of pyridine rings is 2. The van der Waals surface area contributed by atoms with E-state index < -0.39 is 0 Å². The highest BCUT2D eigenvalue weighted by molar-refractivity contribution is 6.35. The van der Waals surface area contributed by atoms with Crippen LogP contribution in [0.3, 0.4) is 0 Å². The first-order valence-electron chi connectivity index (χ1n) is 8.09. The Labute approximate surface area is 157 Å². The van der Waals surface area contributed by atoms with E-state index in [9.17, 15) is 4.79 Å². The lowest BCUT2D eigenvalue weighted by Gasteiger charge is -2.19. The van der Waals surface area contributed by atoms with Crippen LogP contribution < -0.4 is 15.5 Å². The molecule has 0 spiro atoms. The maximum atomic E-state index is 12.1. The van der Waals surface area contributed by atoms with Gasteiger partial charge in [-0.05, 0) is 32.0 Å². The van der Waals surface area contributed by atoms with Gasteiger partial charge in [-0.15, -0.1) is 0 Å². The quantitative estimate of drug-likeness (QED) is 0.685. The molecule has 0 bridgehead atoms. The van der Waals surface area contributed by atoms with E-state index in [0.717, 1.165) is 18.9 Å². The van der Waals surface area contributed by atoms with Crippen molar-refractivity contribution >= 4 is 40.7 Å². The second-order valence-electron chi connectivity index (χ2n) is 5.24. The number of anilines is 2. The van der Waals surface area contributed by atoms with Gasteiger partial charge >= 0.3 is 0 Å². The third-order valence-corrected chi connectivity index (χ3v) is 4.10. The summed E-state index contributed by atoms with van der Waals surface area (Å²) in [4.78, 5) is 22.7. The van der Waals surface area contributed by atoms with Gasteiger partial charge in [0, 0.05) is 38.6 Å². The number of hydrogen-bond acceptors (Lipinski definition) is 5. The van der Waals surface area contributed by atoms with Crippen molar-refractivity contribution in [1.29, 1.82) is 0 Å². The Bertz CT molecular complexity index is 705. The number of halogens is 2. The highest BCUT2D eigenvalue weighted by Crippen LogP contribution is 2.22. The summed E-state index contributed by atoms with van der Waals surface area (Å²) in [6.07, 6.45) is 3.10. The zero-order chi connectivity index (χ0) is 18.2. The molecular weight excluding hydrogens is 361 g/mol. The lowest BCUT2D eigenvalue weighted by Crippen LogP contribution is -2.29. The van der Waals surface area contributed by atoms with Gasteiger partial charge in [0.05, 0.1) is 15.6 Å². The summed E-state index contributed by atoms with van der Waals surface area (Å²) >= 11 is 11.8. The average Bonchev–Trinajstić information content (AvgIpc) is 2.61. The summed E-state index contributed by atoms with van der Waals surface area (Å²) in [5.74, 6) is 1.23. The molecule has 2 aromatic heterocycles. The van der Waals surface area contributed by atoms with Crippen LogP contribution >= 0.6 is 23.2 Å². The van der Waals surface area contributed by atoms with Crippen LogP contribution in [0.1, 0.15) is 24.2 Å². The minimum atomic E-state index is -0.171. The first-order valence-corrected chi connectivity index (χ1v) is 8.84. The van der Waals surface area contributed by atoms with Gasteiger partial charge < -0.3 is 15.5 Å². The SMILES string of the molecule is CCN(CC)c1ccc(C(=O)NCCNc2ncc(Cl)cc2Cl)cn1. The Morgan fingerprint density at radius 1 is 1.12 bits per heavy atom. The highest BCUT2D eigenvalue weighted by atomic mass is 35.5. The monoisotopic (exact) mass is 381 g/mol. The van der Waals surface area contributed by atoms with E-state index in [-0.39, 0.29) is 5.91 Å². The van der Waals surface area contributed by atoms with Gasteiger partial charge in [-0.3, -0.25) is 4.79 Å². The number of carbonyl (C=O) groups excluding carboxylic acids is 1. The molecule has 25 heavy (non-hydrogen) atoms. The van der Waals surface area contributed by atoms with Crippen molar-refractivity contribution in [3.05, 3.63) is 46.2 Å². The second-order valence-corrected chi connectivity index (χ2v) is 6.09. The van der Waals surface area contributed by atoms with Crippen molar-refractivity contribution in [2.45, 2.75) is 13.8 Å². The first kappa shape index (κ1) is 19.3. The minimum absolute atomic E-state index is 0.171. The molecule has 2 rings (SSSR count). The van der Waals surface area contributed by atoms with Crippen molar-refractivity contribution in [2.24, 2.45) is 0 Å². The zero-order valence-corrected chi connectivity index (χ0v) is 15.7. The maximum Gasteiger partial charge on any atom is 0.252 e. The summed E-state index contributed by atoms with van der Waals surface area (Å²) in [5.41, 5.74) is 0.526. The van der Waals surface area contributed by atoms with Crippen LogP contribution in [0.25, 0.3) is 0 Å². The van der Waals surface area contributed by atoms with Gasteiger partial charge in [0.25, 0.3) is 5.91 Å². The van der Waals surface area contributed by atoms with Crippen molar-refractivity contribution in [1.82, 2.24) is 15.3 Å². The van der Waals surface area contributed by atoms with Gasteiger partial charge in [0.15, 0.2) is 0 Å². The Kier molecular flexibility index (Phi) is 7.28. The van der Waals surface area contributed by atoms with Crippen LogP contribution in [-0.4, -0.2) is 42.1 Å². The van der Waals surface area contributed by atoms with Crippen LogP contribution in [0.5, 0.6) is 0 Å². The normalized spacial score (nSPS) is 10.4. The van der Waals surface area contributed by atoms with Gasteiger partial charge in [-0.2, -0.15) is 0 Å². The van der Waals surface area contributed by atoms with Crippen molar-refractivity contribution in [2.75, 3.05) is 36.4 Å². The Balaban J connectivity index is 1.82. The van der Waals surface area contributed by atoms with Gasteiger partial charge in [0.1, 0.15) is 11.6 Å². The molecule has 0 atom stereocenters. The molecule has 2 heterocycles. The number of nitrogens with zero attached hydrogens (tertiary/aromatic N) is 3. The predicted molar refractivity (Wildman–Crippen MR) is 103 cm³/mol. The first-order chi connectivity index (χ1) is 12.0. The average molecular weight is 382 g/mol. The highest BCUT2D eigenvalue weighted by Gasteiger charge is 2.08. The van der Waals surface area contributed by atoms with Crippen molar-refractivity contribution < 1.29 is 4.79 Å². The smallest absolute Gasteiger partial charge is 0.252 e. The van der Waals surface area contributed by atoms with Crippen LogP contribution in [0, 0.1) is 0 Å². The fourth-order valence-electron chi connectivity index (χ4n) is 2.26. The molecule has 0 unspecified atom stereocenters. The third kappa shape index (κ3) is 5.47. The molecule has 6 nitrogen and oxygen atoms in total. The summed E-state index contributed by atoms with van der Waals surface area (Å²) in [5, 5.41) is 6.79. The Morgan fingerprint density at radius 3 is 2.48 bits per heavy atom. The lowest BCUT2D eigenvalue weighted by atomic mass is 10.2. The molecule has 1 amide bonds. The molecule has 0 fully saturated rings. The topological polar surface area (TPSA) is 70.2 Å². The number of aromatic nitrogens is 2. The lowest BCUT2D eigenvalue weighted by molar-refractivity contribution is 0.0955. The van der Waals surface area contributed by atoms with E-state index in [1.165, 1.54) is 6.20 Å². The molecule has 0 saturated heterocycles. The molecule has 0 aliphatic heterocycles. The molecule has 0 aromatic carbocycles. The number of carbonyl (C=O) groups is 1. The van der Waals surface area contributed by atoms with Crippen LogP contribution in [0.15, 0.2) is 30.6 Å².